The first kappa shape index (κ1) is 67.9. The van der Waals surface area contributed by atoms with E-state index in [1.54, 1.807) is 35.5 Å². The van der Waals surface area contributed by atoms with Gasteiger partial charge in [0.2, 0.25) is 17.6 Å². The molecule has 2 aliphatic heterocycles. The molecule has 4 aromatic rings. The smallest absolute Gasteiger partial charge is 0.303 e. The van der Waals surface area contributed by atoms with Gasteiger partial charge in [-0.05, 0) is 63.9 Å². The first-order valence-corrected chi connectivity index (χ1v) is 29.9. The number of imidazole rings is 2. The molecule has 2 aliphatic rings. The number of nitrogens with zero attached hydrogens (tertiary/aromatic N) is 8. The quantitative estimate of drug-likeness (QED) is 0.0145. The highest BCUT2D eigenvalue weighted by molar-refractivity contribution is 8.17. The van der Waals surface area contributed by atoms with E-state index < -0.39 is 101 Å². The fourth-order valence-electron chi connectivity index (χ4n) is 9.74. The molecule has 1 aromatic carbocycles. The van der Waals surface area contributed by atoms with E-state index in [4.69, 9.17) is 33.2 Å². The van der Waals surface area contributed by atoms with Crippen molar-refractivity contribution in [3.63, 3.8) is 0 Å². The van der Waals surface area contributed by atoms with Crippen molar-refractivity contribution in [2.45, 2.75) is 115 Å². The van der Waals surface area contributed by atoms with E-state index >= 15 is 0 Å². The molecule has 0 unspecified atom stereocenters. The lowest BCUT2D eigenvalue weighted by atomic mass is 9.97. The van der Waals surface area contributed by atoms with Crippen LogP contribution in [0.4, 0.5) is 23.0 Å². The molecule has 2 saturated heterocycles. The number of hydrogen-bond acceptors (Lipinski definition) is 23. The topological polar surface area (TPSA) is 357 Å². The second-order valence-electron chi connectivity index (χ2n) is 20.3. The lowest BCUT2D eigenvalue weighted by Crippen LogP contribution is -2.60. The number of nitrogens with one attached hydrogen (secondary N) is 4. The maximum absolute atomic E-state index is 14.6. The summed E-state index contributed by atoms with van der Waals surface area (Å²) in [7, 11) is 8.21. The predicted molar refractivity (Wildman–Crippen MR) is 317 cm³/mol. The summed E-state index contributed by atoms with van der Waals surface area (Å²) in [4.78, 5) is 143. The van der Waals surface area contributed by atoms with Gasteiger partial charge in [-0.2, -0.15) is 0 Å². The number of thioether (sulfide) groups is 2. The monoisotopic (exact) mass is 1250 g/mol. The van der Waals surface area contributed by atoms with Crippen LogP contribution in [0.2, 0.25) is 0 Å². The van der Waals surface area contributed by atoms with Crippen LogP contribution in [-0.2, 0) is 61.8 Å². The Morgan fingerprint density at radius 1 is 0.782 bits per heavy atom. The minimum atomic E-state index is -1.71. The number of amides is 5. The summed E-state index contributed by atoms with van der Waals surface area (Å²) in [5.74, 6) is -5.49. The summed E-state index contributed by atoms with van der Waals surface area (Å²) in [6.45, 7) is 9.11. The van der Waals surface area contributed by atoms with Crippen LogP contribution < -0.4 is 30.7 Å². The minimum absolute atomic E-state index is 0.0158. The lowest BCUT2D eigenvalue weighted by Gasteiger charge is -2.45. The molecule has 0 aliphatic carbocycles. The van der Waals surface area contributed by atoms with E-state index in [0.29, 0.717) is 19.5 Å². The summed E-state index contributed by atoms with van der Waals surface area (Å²) in [6, 6.07) is 3.50. The predicted octanol–water partition coefficient (Wildman–Crippen LogP) is 4.55. The minimum Gasteiger partial charge on any atom is -0.493 e. The number of aryl methyl sites for hydroxylation is 2. The lowest BCUT2D eigenvalue weighted by molar-refractivity contribution is -0.385. The first-order chi connectivity index (χ1) is 41.3. The number of methoxy groups -OCH3 is 1. The molecule has 30 nitrogen and oxygen atoms in total. The molecule has 474 valence electrons. The standard InChI is InChI=1S/C55H74N12O18S2/c1-12-86-55(87-13-2)36-17-14-21-65(36)53(76)35-24-39(79-11)40(25-37(35)67(77)78)80-22-15-18-44(72)57-34-23-38(66(26-34)54-47(84-33(6)71)46(83-32(5)70)45(82-31(4)69)41(85-54)29-81-30(3)68)50(73)60-42-27-64(10)49(59-42)52(75)61-43-28-63(9)48(58-43)51(74)56-19-16-20-62(7)8/h23-28,36,41,45-47,54-55H,12-22,29H2,1-11H3,(H,56,74)(H,57,72)(H,60,73)(H,61,75)/t36-,41-,45-,46-,47-,54+/m1/s1. The Morgan fingerprint density at radius 3 is 1.98 bits per heavy atom. The molecule has 32 heteroatoms. The number of likely N-dealkylation sites (tertiary alicyclic amines) is 1. The number of carbonyl (C=O) groups is 9. The maximum Gasteiger partial charge on any atom is 0.303 e. The van der Waals surface area contributed by atoms with E-state index in [9.17, 15) is 53.3 Å². The fourth-order valence-corrected chi connectivity index (χ4v) is 12.6. The van der Waals surface area contributed by atoms with E-state index in [2.05, 4.69) is 31.2 Å². The summed E-state index contributed by atoms with van der Waals surface area (Å²) in [5.41, 5.74) is -1.02. The average Bonchev–Trinajstić information content (AvgIpc) is 1.98. The normalized spacial score (nSPS) is 18.1. The molecular weight excluding hydrogens is 1180 g/mol. The summed E-state index contributed by atoms with van der Waals surface area (Å²) >= 11 is 3.47. The molecule has 6 atom stereocenters. The molecule has 2 fully saturated rings. The number of rotatable bonds is 29. The van der Waals surface area contributed by atoms with Crippen molar-refractivity contribution in [2.75, 3.05) is 81.5 Å². The van der Waals surface area contributed by atoms with E-state index in [1.807, 2.05) is 32.8 Å². The number of nitro groups is 1. The summed E-state index contributed by atoms with van der Waals surface area (Å²) in [5, 5.41) is 23.2. The molecule has 6 rings (SSSR count). The number of aromatic nitrogens is 5. The number of nitro benzene ring substituents is 1. The molecule has 0 bridgehead atoms. The van der Waals surface area contributed by atoms with Crippen LogP contribution in [0, 0.1) is 10.1 Å². The van der Waals surface area contributed by atoms with Gasteiger partial charge in [0.25, 0.3) is 29.3 Å². The molecule has 0 spiro atoms. The van der Waals surface area contributed by atoms with Gasteiger partial charge in [0, 0.05) is 86.0 Å². The fraction of sp³-hybridized carbons (Fsp3) is 0.545. The van der Waals surface area contributed by atoms with Crippen molar-refractivity contribution in [1.82, 2.24) is 38.8 Å². The van der Waals surface area contributed by atoms with Crippen LogP contribution >= 0.6 is 23.5 Å². The zero-order valence-electron chi connectivity index (χ0n) is 50.2. The molecule has 0 radical (unpaired) electrons. The van der Waals surface area contributed by atoms with Crippen molar-refractivity contribution in [2.24, 2.45) is 14.1 Å². The third-order valence-electron chi connectivity index (χ3n) is 13.4. The summed E-state index contributed by atoms with van der Waals surface area (Å²) < 4.78 is 43.9. The molecule has 0 saturated carbocycles. The third-order valence-corrected chi connectivity index (χ3v) is 16.1. The van der Waals surface area contributed by atoms with Gasteiger partial charge in [-0.25, -0.2) is 9.97 Å². The van der Waals surface area contributed by atoms with Gasteiger partial charge >= 0.3 is 23.9 Å². The summed E-state index contributed by atoms with van der Waals surface area (Å²) in [6.07, 6.45) is -2.12. The van der Waals surface area contributed by atoms with Gasteiger partial charge in [0.05, 0.1) is 41.0 Å². The van der Waals surface area contributed by atoms with Crippen LogP contribution in [0.1, 0.15) is 122 Å². The van der Waals surface area contributed by atoms with Gasteiger partial charge in [-0.1, -0.05) is 13.8 Å². The average molecular weight is 1260 g/mol. The van der Waals surface area contributed by atoms with Gasteiger partial charge < -0.3 is 77.9 Å². The molecular formula is C55H74N12O18S2. The SMILES string of the molecule is CCSC(SCC)[C@H]1CCCN1C(=O)c1cc(OC)c(OCCCC(=O)Nc2cc(C(=O)Nc3cn(C)c(C(=O)Nc4cn(C)c(C(=O)NCCCN(C)C)n4)n3)n([C@H]3O[C@H](COC(C)=O)[C@@H](OC(C)=O)[C@@H](OC(C)=O)[C@H]3OC(C)=O)c2)cc1[N+](=O)[O-]. The highest BCUT2D eigenvalue weighted by atomic mass is 32.2. The van der Waals surface area contributed by atoms with Crippen LogP contribution in [0.5, 0.6) is 11.5 Å². The number of carbonyl (C=O) groups excluding carboxylic acids is 9. The maximum atomic E-state index is 14.6. The molecule has 3 aromatic heterocycles. The number of hydrogen-bond donors (Lipinski definition) is 4. The second kappa shape index (κ2) is 31.4. The van der Waals surface area contributed by atoms with Crippen molar-refractivity contribution in [1.29, 1.82) is 0 Å². The third kappa shape index (κ3) is 18.2. The Hall–Kier alpha value is -8.23. The van der Waals surface area contributed by atoms with Gasteiger partial charge in [0.1, 0.15) is 24.0 Å². The zero-order chi connectivity index (χ0) is 63.8. The Bertz CT molecular complexity index is 3180. The van der Waals surface area contributed by atoms with Crippen molar-refractivity contribution in [3.05, 3.63) is 69.8 Å². The van der Waals surface area contributed by atoms with Gasteiger partial charge in [-0.3, -0.25) is 53.3 Å². The molecule has 87 heavy (non-hydrogen) atoms. The number of anilines is 3. The Morgan fingerprint density at radius 2 is 1.39 bits per heavy atom. The highest BCUT2D eigenvalue weighted by Crippen LogP contribution is 2.41. The van der Waals surface area contributed by atoms with Crippen molar-refractivity contribution >= 4 is 99.9 Å². The molecule has 5 amide bonds. The Balaban J connectivity index is 1.26. The Labute approximate surface area is 509 Å². The Kier molecular flexibility index (Phi) is 24.5. The van der Waals surface area contributed by atoms with E-state index in [-0.39, 0.29) is 81.8 Å². The van der Waals surface area contributed by atoms with Gasteiger partial charge in [-0.15, -0.1) is 23.5 Å². The first-order valence-electron chi connectivity index (χ1n) is 27.8. The van der Waals surface area contributed by atoms with Crippen molar-refractivity contribution in [3.8, 4) is 11.5 Å². The molecule has 5 heterocycles. The van der Waals surface area contributed by atoms with Crippen LogP contribution in [0.15, 0.2) is 36.8 Å². The molecule has 4 N–H and O–H groups in total. The van der Waals surface area contributed by atoms with Crippen LogP contribution in [0.25, 0.3) is 0 Å². The number of ether oxygens (including phenoxy) is 7. The zero-order valence-corrected chi connectivity index (χ0v) is 51.9. The van der Waals surface area contributed by atoms with E-state index in [0.717, 1.165) is 69.2 Å². The van der Waals surface area contributed by atoms with E-state index in [1.165, 1.54) is 54.0 Å². The largest absolute Gasteiger partial charge is 0.493 e. The van der Waals surface area contributed by atoms with Crippen LogP contribution in [0.3, 0.4) is 0 Å². The number of esters is 4. The highest BCUT2D eigenvalue weighted by Gasteiger charge is 2.53. The van der Waals surface area contributed by atoms with Gasteiger partial charge in [0.15, 0.2) is 47.7 Å². The second-order valence-corrected chi connectivity index (χ2v) is 23.5. The number of benzene rings is 1. The van der Waals surface area contributed by atoms with Crippen LogP contribution in [-0.4, -0.2) is 192 Å². The van der Waals surface area contributed by atoms with Crippen molar-refractivity contribution < 1.29 is 81.2 Å².